The van der Waals surface area contributed by atoms with Crippen LogP contribution in [-0.4, -0.2) is 36.5 Å². The van der Waals surface area contributed by atoms with Crippen molar-refractivity contribution in [2.75, 3.05) is 7.11 Å². The molecule has 1 unspecified atom stereocenters. The monoisotopic (exact) mass is 464 g/mol. The highest BCUT2D eigenvalue weighted by Crippen LogP contribution is 2.42. The van der Waals surface area contributed by atoms with Crippen LogP contribution in [0.25, 0.3) is 0 Å². The fraction of sp³-hybridized carbons (Fsp3) is 0.0714. The molecule has 7 heteroatoms. The number of carbonyl (C=O) groups is 3. The molecule has 0 amide bonds. The Morgan fingerprint density at radius 2 is 1.66 bits per heavy atom. The van der Waals surface area contributed by atoms with Crippen LogP contribution in [0.3, 0.4) is 0 Å². The van der Waals surface area contributed by atoms with Crippen molar-refractivity contribution < 1.29 is 33.6 Å². The molecule has 2 aliphatic carbocycles. The molecule has 0 saturated carbocycles. The van der Waals surface area contributed by atoms with E-state index in [0.29, 0.717) is 22.7 Å². The van der Waals surface area contributed by atoms with Gasteiger partial charge in [0.05, 0.1) is 18.2 Å². The van der Waals surface area contributed by atoms with Crippen molar-refractivity contribution in [3.8, 4) is 17.2 Å². The number of ether oxygens (including phenoxy) is 3. The zero-order valence-electron chi connectivity index (χ0n) is 18.5. The molecule has 35 heavy (non-hydrogen) atoms. The maximum Gasteiger partial charge on any atom is 0.343 e. The van der Waals surface area contributed by atoms with E-state index in [4.69, 9.17) is 14.2 Å². The zero-order chi connectivity index (χ0) is 24.1. The van der Waals surface area contributed by atoms with Crippen molar-refractivity contribution in [3.05, 3.63) is 107 Å². The van der Waals surface area contributed by atoms with E-state index in [2.05, 4.69) is 4.99 Å². The number of nitrogens with one attached hydrogen (secondary N) is 1. The predicted octanol–water partition coefficient (Wildman–Crippen LogP) is 2.73. The summed E-state index contributed by atoms with van der Waals surface area (Å²) in [6, 6.07) is 14.5. The average molecular weight is 464 g/mol. The Kier molecular flexibility index (Phi) is 4.70. The van der Waals surface area contributed by atoms with Gasteiger partial charge in [-0.15, -0.1) is 0 Å². The van der Waals surface area contributed by atoms with Crippen LogP contribution in [-0.2, 0) is 0 Å². The molecule has 1 atom stereocenters. The Bertz CT molecular complexity index is 1530. The van der Waals surface area contributed by atoms with E-state index >= 15 is 0 Å². The van der Waals surface area contributed by atoms with E-state index in [9.17, 15) is 14.4 Å². The third-order valence-corrected chi connectivity index (χ3v) is 6.16. The third kappa shape index (κ3) is 3.28. The number of esters is 1. The van der Waals surface area contributed by atoms with Crippen molar-refractivity contribution in [1.29, 1.82) is 0 Å². The van der Waals surface area contributed by atoms with Gasteiger partial charge >= 0.3 is 5.97 Å². The van der Waals surface area contributed by atoms with Gasteiger partial charge in [-0.3, -0.25) is 9.59 Å². The third-order valence-electron chi connectivity index (χ3n) is 6.16. The summed E-state index contributed by atoms with van der Waals surface area (Å²) >= 11 is 0. The first-order valence-corrected chi connectivity index (χ1v) is 11.0. The van der Waals surface area contributed by atoms with E-state index in [1.54, 1.807) is 48.5 Å². The number of rotatable bonds is 3. The second-order valence-electron chi connectivity index (χ2n) is 8.18. The van der Waals surface area contributed by atoms with Crippen molar-refractivity contribution >= 4 is 28.9 Å². The standard InChI is InChI=1S/C28H17NO6/c1-33-16-12-10-15(11-13-16)28(32)35-21-14-22-25(29-19-8-4-5-9-20(19)34-22)24-23(21)26(30)17-6-2-3-7-18(17)27(24)31/h2-14,20H,1H3/p+1. The lowest BCUT2D eigenvalue weighted by atomic mass is 9.82. The molecular weight excluding hydrogens is 446 g/mol. The number of hydrogen-bond acceptors (Lipinski definition) is 6. The summed E-state index contributed by atoms with van der Waals surface area (Å²) in [6.07, 6.45) is 7.02. The van der Waals surface area contributed by atoms with Gasteiger partial charge in [-0.05, 0) is 30.3 Å². The first-order chi connectivity index (χ1) is 17.0. The minimum absolute atomic E-state index is 0.0276. The van der Waals surface area contributed by atoms with Crippen LogP contribution in [0.4, 0.5) is 5.69 Å². The minimum atomic E-state index is -0.676. The minimum Gasteiger partial charge on any atom is -0.497 e. The SMILES string of the molecule is COc1ccc(C(=O)Oc2cc3c(c4c2C(=O)c2ccccc2C4=O)[NH+]=C2C=CC=CC2O3)cc1. The van der Waals surface area contributed by atoms with Crippen molar-refractivity contribution in [3.63, 3.8) is 0 Å². The van der Waals surface area contributed by atoms with Crippen molar-refractivity contribution in [1.82, 2.24) is 0 Å². The number of allylic oxidation sites excluding steroid dienone is 2. The van der Waals surface area contributed by atoms with E-state index in [-0.39, 0.29) is 33.8 Å². The summed E-state index contributed by atoms with van der Waals surface area (Å²) in [6.45, 7) is 0. The topological polar surface area (TPSA) is 92.9 Å². The van der Waals surface area contributed by atoms with Crippen molar-refractivity contribution in [2.45, 2.75) is 6.10 Å². The number of fused-ring (bicyclic) bond motifs is 5. The molecule has 1 aliphatic heterocycles. The molecule has 0 spiro atoms. The predicted molar refractivity (Wildman–Crippen MR) is 126 cm³/mol. The van der Waals surface area contributed by atoms with Gasteiger partial charge in [0, 0.05) is 23.3 Å². The summed E-state index contributed by atoms with van der Waals surface area (Å²) < 4.78 is 17.0. The Morgan fingerprint density at radius 1 is 0.943 bits per heavy atom. The summed E-state index contributed by atoms with van der Waals surface area (Å²) in [5.41, 5.74) is 2.08. The van der Waals surface area contributed by atoms with Crippen molar-refractivity contribution in [2.24, 2.45) is 0 Å². The molecule has 7 nitrogen and oxygen atoms in total. The van der Waals surface area contributed by atoms with E-state index < -0.39 is 17.9 Å². The second kappa shape index (κ2) is 7.92. The zero-order valence-corrected chi connectivity index (χ0v) is 18.5. The second-order valence-corrected chi connectivity index (χ2v) is 8.18. The van der Waals surface area contributed by atoms with Gasteiger partial charge < -0.3 is 14.2 Å². The number of benzene rings is 3. The highest BCUT2D eigenvalue weighted by atomic mass is 16.5. The summed E-state index contributed by atoms with van der Waals surface area (Å²) in [5, 5.41) is 0. The van der Waals surface area contributed by atoms with Gasteiger partial charge in [0.1, 0.15) is 17.1 Å². The molecule has 3 aliphatic rings. The molecule has 0 aromatic heterocycles. The molecule has 0 radical (unpaired) electrons. The molecule has 6 rings (SSSR count). The van der Waals surface area contributed by atoms with Gasteiger partial charge in [0.2, 0.25) is 17.6 Å². The van der Waals surface area contributed by atoms with E-state index in [1.807, 2.05) is 24.3 Å². The molecule has 0 saturated heterocycles. The van der Waals surface area contributed by atoms with Gasteiger partial charge in [-0.1, -0.05) is 36.4 Å². The fourth-order valence-corrected chi connectivity index (χ4v) is 4.44. The average Bonchev–Trinajstić information content (AvgIpc) is 2.90. The summed E-state index contributed by atoms with van der Waals surface area (Å²) in [7, 11) is 1.53. The Hall–Kier alpha value is -4.78. The molecule has 3 aromatic carbocycles. The van der Waals surface area contributed by atoms with Crippen LogP contribution in [0.2, 0.25) is 0 Å². The first-order valence-electron chi connectivity index (χ1n) is 11.0. The fourth-order valence-electron chi connectivity index (χ4n) is 4.44. The van der Waals surface area contributed by atoms with Crippen LogP contribution >= 0.6 is 0 Å². The Morgan fingerprint density at radius 3 is 2.37 bits per heavy atom. The molecule has 1 heterocycles. The molecular formula is C28H18NO6+. The maximum absolute atomic E-state index is 13.6. The van der Waals surface area contributed by atoms with Crippen LogP contribution in [0.15, 0.2) is 78.9 Å². The highest BCUT2D eigenvalue weighted by molar-refractivity contribution is 6.31. The largest absolute Gasteiger partial charge is 0.497 e. The number of methoxy groups -OCH3 is 1. The van der Waals surface area contributed by atoms with Crippen LogP contribution in [0.5, 0.6) is 17.2 Å². The highest BCUT2D eigenvalue weighted by Gasteiger charge is 2.42. The first kappa shape index (κ1) is 20.8. The maximum atomic E-state index is 13.6. The summed E-state index contributed by atoms with van der Waals surface area (Å²) in [5.74, 6) is -0.553. The lowest BCUT2D eigenvalue weighted by Crippen LogP contribution is -2.72. The van der Waals surface area contributed by atoms with Crippen LogP contribution in [0.1, 0.15) is 42.2 Å². The summed E-state index contributed by atoms with van der Waals surface area (Å²) in [4.78, 5) is 43.5. The van der Waals surface area contributed by atoms with E-state index in [0.717, 1.165) is 5.71 Å². The van der Waals surface area contributed by atoms with Gasteiger partial charge in [0.25, 0.3) is 5.69 Å². The smallest absolute Gasteiger partial charge is 0.343 e. The Balaban J connectivity index is 1.52. The number of carbonyl (C=O) groups excluding carboxylic acids is 3. The van der Waals surface area contributed by atoms with Crippen LogP contribution < -0.4 is 19.2 Å². The van der Waals surface area contributed by atoms with Gasteiger partial charge in [-0.2, -0.15) is 0 Å². The lowest BCUT2D eigenvalue weighted by Gasteiger charge is -2.25. The normalized spacial score (nSPS) is 16.8. The number of ketones is 2. The lowest BCUT2D eigenvalue weighted by molar-refractivity contribution is -0.362. The molecule has 3 aromatic rings. The molecule has 1 N–H and O–H groups in total. The molecule has 170 valence electrons. The van der Waals surface area contributed by atoms with Crippen LogP contribution in [0, 0.1) is 0 Å². The quantitative estimate of drug-likeness (QED) is 0.370. The number of hydrogen-bond donors (Lipinski definition) is 1. The van der Waals surface area contributed by atoms with E-state index in [1.165, 1.54) is 13.2 Å². The Labute approximate surface area is 200 Å². The molecule has 0 fully saturated rings. The molecule has 0 bridgehead atoms. The van der Waals surface area contributed by atoms with Gasteiger partial charge in [0.15, 0.2) is 11.5 Å². The van der Waals surface area contributed by atoms with Gasteiger partial charge in [-0.25, -0.2) is 9.79 Å².